The zero-order chi connectivity index (χ0) is 21.5. The molecule has 1 N–H and O–H groups in total. The average Bonchev–Trinajstić information content (AvgIpc) is 2.78. The smallest absolute Gasteiger partial charge is 0.340 e. The first-order valence-electron chi connectivity index (χ1n) is 9.51. The van der Waals surface area contributed by atoms with Crippen LogP contribution in [0.3, 0.4) is 0 Å². The molecule has 6 heteroatoms. The molecular weight excluding hydrogens is 398 g/mol. The number of benzene rings is 3. The molecule has 3 aromatic carbocycles. The van der Waals surface area contributed by atoms with E-state index in [2.05, 4.69) is 5.32 Å². The molecule has 0 fully saturated rings. The van der Waals surface area contributed by atoms with Gasteiger partial charge < -0.3 is 10.1 Å². The van der Waals surface area contributed by atoms with Gasteiger partial charge in [0.1, 0.15) is 0 Å². The first-order valence-corrected chi connectivity index (χ1v) is 11.1. The predicted molar refractivity (Wildman–Crippen MR) is 117 cm³/mol. The van der Waals surface area contributed by atoms with Crippen molar-refractivity contribution in [2.24, 2.45) is 0 Å². The van der Waals surface area contributed by atoms with Crippen molar-refractivity contribution in [2.45, 2.75) is 24.0 Å². The number of hydrogen-bond acceptors (Lipinski definition) is 4. The van der Waals surface area contributed by atoms with Gasteiger partial charge in [-0.2, -0.15) is 0 Å². The summed E-state index contributed by atoms with van der Waals surface area (Å²) in [5, 5.41) is 2.97. The van der Waals surface area contributed by atoms with E-state index in [0.717, 1.165) is 11.1 Å². The molecule has 2 atom stereocenters. The van der Waals surface area contributed by atoms with E-state index in [1.165, 1.54) is 13.2 Å². The summed E-state index contributed by atoms with van der Waals surface area (Å²) in [7, 11) is -1.35. The van der Waals surface area contributed by atoms with E-state index < -0.39 is 28.8 Å². The molecule has 0 heterocycles. The Morgan fingerprint density at radius 3 is 1.87 bits per heavy atom. The van der Waals surface area contributed by atoms with Crippen molar-refractivity contribution in [2.75, 3.05) is 6.26 Å². The van der Waals surface area contributed by atoms with Gasteiger partial charge in [0.05, 0.1) is 27.3 Å². The largest absolute Gasteiger partial charge is 0.449 e. The summed E-state index contributed by atoms with van der Waals surface area (Å²) in [6.45, 7) is 1.52. The molecular formula is C24H23NO4S. The molecule has 3 rings (SSSR count). The summed E-state index contributed by atoms with van der Waals surface area (Å²) in [6, 6.07) is 25.3. The Labute approximate surface area is 178 Å². The van der Waals surface area contributed by atoms with Crippen LogP contribution in [0, 0.1) is 0 Å². The summed E-state index contributed by atoms with van der Waals surface area (Å²) in [5.74, 6) is -1.10. The lowest BCUT2D eigenvalue weighted by molar-refractivity contribution is -0.129. The minimum Gasteiger partial charge on any atom is -0.449 e. The zero-order valence-electron chi connectivity index (χ0n) is 16.8. The molecule has 0 radical (unpaired) electrons. The Bertz CT molecular complexity index is 998. The Hall–Kier alpha value is -3.25. The van der Waals surface area contributed by atoms with Crippen LogP contribution in [0.2, 0.25) is 0 Å². The SMILES string of the molecule is C[C@H](OC(=O)c1ccccc1[S@](C)=O)C(=O)NC(c1ccccc1)c1ccccc1. The standard InChI is InChI=1S/C24H23NO4S/c1-17(29-24(27)20-15-9-10-16-21(20)30(2)28)23(26)25-22(18-11-5-3-6-12-18)19-13-7-4-8-14-19/h3-17,22H,1-2H3,(H,25,26)/t17-,30-/m0/s1. The Morgan fingerprint density at radius 1 is 0.833 bits per heavy atom. The number of carbonyl (C=O) groups excluding carboxylic acids is 2. The molecule has 0 aliphatic rings. The summed E-state index contributed by atoms with van der Waals surface area (Å²) < 4.78 is 17.2. The fourth-order valence-corrected chi connectivity index (χ4v) is 3.80. The number of nitrogens with one attached hydrogen (secondary N) is 1. The molecule has 154 valence electrons. The third-order valence-electron chi connectivity index (χ3n) is 4.62. The monoisotopic (exact) mass is 421 g/mol. The summed E-state index contributed by atoms with van der Waals surface area (Å²) in [4.78, 5) is 25.8. The lowest BCUT2D eigenvalue weighted by Crippen LogP contribution is -2.38. The van der Waals surface area contributed by atoms with Crippen molar-refractivity contribution in [3.63, 3.8) is 0 Å². The number of hydrogen-bond donors (Lipinski definition) is 1. The maximum absolute atomic E-state index is 12.8. The lowest BCUT2D eigenvalue weighted by atomic mass is 9.98. The van der Waals surface area contributed by atoms with E-state index in [4.69, 9.17) is 4.74 Å². The molecule has 0 spiro atoms. The highest BCUT2D eigenvalue weighted by Crippen LogP contribution is 2.22. The Morgan fingerprint density at radius 2 is 1.33 bits per heavy atom. The van der Waals surface area contributed by atoms with Gasteiger partial charge in [0, 0.05) is 6.26 Å². The van der Waals surface area contributed by atoms with E-state index in [0.29, 0.717) is 4.90 Å². The molecule has 0 unspecified atom stereocenters. The van der Waals surface area contributed by atoms with Gasteiger partial charge in [0.2, 0.25) is 0 Å². The van der Waals surface area contributed by atoms with Crippen molar-refractivity contribution in [1.29, 1.82) is 0 Å². The highest BCUT2D eigenvalue weighted by molar-refractivity contribution is 7.84. The molecule has 0 aliphatic carbocycles. The van der Waals surface area contributed by atoms with E-state index in [1.54, 1.807) is 24.3 Å². The molecule has 30 heavy (non-hydrogen) atoms. The maximum Gasteiger partial charge on any atom is 0.340 e. The molecule has 3 aromatic rings. The van der Waals surface area contributed by atoms with Crippen LogP contribution < -0.4 is 5.32 Å². The van der Waals surface area contributed by atoms with Gasteiger partial charge in [-0.3, -0.25) is 9.00 Å². The van der Waals surface area contributed by atoms with Gasteiger partial charge in [0.25, 0.3) is 5.91 Å². The van der Waals surface area contributed by atoms with Gasteiger partial charge in [0.15, 0.2) is 6.10 Å². The van der Waals surface area contributed by atoms with Crippen LogP contribution in [0.4, 0.5) is 0 Å². The van der Waals surface area contributed by atoms with Gasteiger partial charge in [-0.05, 0) is 30.2 Å². The molecule has 0 aromatic heterocycles. The summed E-state index contributed by atoms with van der Waals surface area (Å²) in [5.41, 5.74) is 2.03. The van der Waals surface area contributed by atoms with Crippen LogP contribution in [0.25, 0.3) is 0 Å². The van der Waals surface area contributed by atoms with E-state index in [9.17, 15) is 13.8 Å². The minimum absolute atomic E-state index is 0.195. The predicted octanol–water partition coefficient (Wildman–Crippen LogP) is 3.88. The quantitative estimate of drug-likeness (QED) is 0.588. The van der Waals surface area contributed by atoms with Gasteiger partial charge in [-0.15, -0.1) is 0 Å². The topological polar surface area (TPSA) is 72.5 Å². The maximum atomic E-state index is 12.8. The van der Waals surface area contributed by atoms with E-state index in [1.807, 2.05) is 60.7 Å². The third kappa shape index (κ3) is 5.21. The van der Waals surface area contributed by atoms with E-state index in [-0.39, 0.29) is 11.6 Å². The number of carbonyl (C=O) groups is 2. The number of ether oxygens (including phenoxy) is 1. The second kappa shape index (κ2) is 9.98. The molecule has 0 bridgehead atoms. The summed E-state index contributed by atoms with van der Waals surface area (Å²) in [6.07, 6.45) is 0.470. The van der Waals surface area contributed by atoms with Crippen LogP contribution in [0.5, 0.6) is 0 Å². The number of rotatable bonds is 7. The fraction of sp³-hybridized carbons (Fsp3) is 0.167. The van der Waals surface area contributed by atoms with Crippen molar-refractivity contribution >= 4 is 22.7 Å². The van der Waals surface area contributed by atoms with Crippen molar-refractivity contribution in [1.82, 2.24) is 5.32 Å². The summed E-state index contributed by atoms with van der Waals surface area (Å²) >= 11 is 0. The zero-order valence-corrected chi connectivity index (χ0v) is 17.6. The van der Waals surface area contributed by atoms with Crippen molar-refractivity contribution in [3.8, 4) is 0 Å². The molecule has 0 aliphatic heterocycles. The average molecular weight is 422 g/mol. The molecule has 1 amide bonds. The van der Waals surface area contributed by atoms with E-state index >= 15 is 0 Å². The minimum atomic E-state index is -1.35. The highest BCUT2D eigenvalue weighted by atomic mass is 32.2. The molecule has 0 saturated carbocycles. The third-order valence-corrected chi connectivity index (χ3v) is 5.60. The van der Waals surface area contributed by atoms with Gasteiger partial charge in [-0.25, -0.2) is 4.79 Å². The molecule has 0 saturated heterocycles. The number of esters is 1. The van der Waals surface area contributed by atoms with Crippen LogP contribution >= 0.6 is 0 Å². The second-order valence-corrected chi connectivity index (χ2v) is 8.11. The molecule has 5 nitrogen and oxygen atoms in total. The van der Waals surface area contributed by atoms with Crippen molar-refractivity contribution in [3.05, 3.63) is 102 Å². The highest BCUT2D eigenvalue weighted by Gasteiger charge is 2.24. The second-order valence-electron chi connectivity index (χ2n) is 6.76. The van der Waals surface area contributed by atoms with Gasteiger partial charge >= 0.3 is 5.97 Å². The van der Waals surface area contributed by atoms with Crippen molar-refractivity contribution < 1.29 is 18.5 Å². The lowest BCUT2D eigenvalue weighted by Gasteiger charge is -2.22. The first-order chi connectivity index (χ1) is 14.5. The van der Waals surface area contributed by atoms with Crippen LogP contribution in [-0.4, -0.2) is 28.4 Å². The first kappa shape index (κ1) is 21.5. The fourth-order valence-electron chi connectivity index (χ4n) is 3.07. The Balaban J connectivity index is 1.76. The van der Waals surface area contributed by atoms with Crippen LogP contribution in [-0.2, 0) is 20.3 Å². The number of amides is 1. The normalized spacial score (nSPS) is 12.8. The van der Waals surface area contributed by atoms with Crippen LogP contribution in [0.1, 0.15) is 34.5 Å². The Kier molecular flexibility index (Phi) is 7.14. The van der Waals surface area contributed by atoms with Gasteiger partial charge in [-0.1, -0.05) is 72.8 Å². The van der Waals surface area contributed by atoms with Crippen LogP contribution in [0.15, 0.2) is 89.8 Å².